The van der Waals surface area contributed by atoms with Crippen LogP contribution < -0.4 is 10.6 Å². The predicted octanol–water partition coefficient (Wildman–Crippen LogP) is 1.27. The minimum Gasteiger partial charge on any atom is -0.346 e. The molecule has 0 aromatic heterocycles. The smallest absolute Gasteiger partial charge is 0.0755 e. The number of quaternary nitrogens is 2. The molecule has 0 bridgehead atoms. The molecule has 0 atom stereocenters. The lowest BCUT2D eigenvalue weighted by atomic mass is 10.2. The summed E-state index contributed by atoms with van der Waals surface area (Å²) in [5, 5.41) is 4.97. The lowest BCUT2D eigenvalue weighted by Gasteiger charge is -2.02. The van der Waals surface area contributed by atoms with Gasteiger partial charge in [0.15, 0.2) is 0 Å². The van der Waals surface area contributed by atoms with Crippen LogP contribution in [-0.4, -0.2) is 26.2 Å². The third kappa shape index (κ3) is 13.9. The fourth-order valence-corrected chi connectivity index (χ4v) is 1.92. The van der Waals surface area contributed by atoms with E-state index in [9.17, 15) is 0 Å². The van der Waals surface area contributed by atoms with Gasteiger partial charge < -0.3 is 10.6 Å². The predicted molar refractivity (Wildman–Crippen MR) is 71.6 cm³/mol. The van der Waals surface area contributed by atoms with E-state index in [1.54, 1.807) is 0 Å². The first-order valence-electron chi connectivity index (χ1n) is 7.55. The molecule has 0 heterocycles. The average Bonchev–Trinajstić information content (AvgIpc) is 2.31. The Bertz CT molecular complexity index is 101. The maximum absolute atomic E-state index is 2.48. The van der Waals surface area contributed by atoms with Crippen LogP contribution >= 0.6 is 0 Å². The highest BCUT2D eigenvalue weighted by molar-refractivity contribution is 4.40. The van der Waals surface area contributed by atoms with Gasteiger partial charge in [-0.2, -0.15) is 0 Å². The Balaban J connectivity index is 2.83. The molecule has 0 rings (SSSR count). The van der Waals surface area contributed by atoms with E-state index in [1.165, 1.54) is 77.5 Å². The number of nitrogens with two attached hydrogens (primary N) is 2. The molecule has 4 N–H and O–H groups in total. The van der Waals surface area contributed by atoms with E-state index in [-0.39, 0.29) is 0 Å². The van der Waals surface area contributed by atoms with E-state index < -0.39 is 0 Å². The van der Waals surface area contributed by atoms with E-state index in [0.29, 0.717) is 0 Å². The molecule has 0 unspecified atom stereocenters. The van der Waals surface area contributed by atoms with Gasteiger partial charge in [-0.3, -0.25) is 0 Å². The SMILES string of the molecule is CCCC[NH2+]CCCCCC[NH2+]CCCC. The van der Waals surface area contributed by atoms with Crippen molar-refractivity contribution in [3.8, 4) is 0 Å². The molecular weight excluding hydrogens is 196 g/mol. The summed E-state index contributed by atoms with van der Waals surface area (Å²) in [6, 6.07) is 0. The minimum atomic E-state index is 1.33. The average molecular weight is 230 g/mol. The largest absolute Gasteiger partial charge is 0.346 e. The summed E-state index contributed by atoms with van der Waals surface area (Å²) in [4.78, 5) is 0. The zero-order chi connectivity index (χ0) is 11.9. The standard InChI is InChI=1S/C14H32N2/c1-3-5-11-15-13-9-7-8-10-14-16-12-6-4-2/h15-16H,3-14H2,1-2H3/p+2. The summed E-state index contributed by atoms with van der Waals surface area (Å²) in [6.07, 6.45) is 11.1. The van der Waals surface area contributed by atoms with E-state index in [1.807, 2.05) is 0 Å². The monoisotopic (exact) mass is 230 g/mol. The minimum absolute atomic E-state index is 1.33. The van der Waals surface area contributed by atoms with E-state index in [2.05, 4.69) is 24.5 Å². The van der Waals surface area contributed by atoms with Gasteiger partial charge in [0.2, 0.25) is 0 Å². The van der Waals surface area contributed by atoms with Crippen LogP contribution in [0.3, 0.4) is 0 Å². The van der Waals surface area contributed by atoms with Crippen LogP contribution in [0.15, 0.2) is 0 Å². The molecule has 2 nitrogen and oxygen atoms in total. The summed E-state index contributed by atoms with van der Waals surface area (Å²) in [6.45, 7) is 9.90. The summed E-state index contributed by atoms with van der Waals surface area (Å²) < 4.78 is 0. The first-order chi connectivity index (χ1) is 7.91. The second kappa shape index (κ2) is 14.9. The van der Waals surface area contributed by atoms with Gasteiger partial charge in [-0.15, -0.1) is 0 Å². The number of hydrogen-bond donors (Lipinski definition) is 2. The summed E-state index contributed by atoms with van der Waals surface area (Å²) >= 11 is 0. The van der Waals surface area contributed by atoms with Crippen molar-refractivity contribution in [2.75, 3.05) is 26.2 Å². The van der Waals surface area contributed by atoms with Gasteiger partial charge in [0, 0.05) is 0 Å². The van der Waals surface area contributed by atoms with Gasteiger partial charge in [-0.1, -0.05) is 26.7 Å². The van der Waals surface area contributed by atoms with Crippen molar-refractivity contribution in [2.24, 2.45) is 0 Å². The molecule has 16 heavy (non-hydrogen) atoms. The summed E-state index contributed by atoms with van der Waals surface area (Å²) in [7, 11) is 0. The van der Waals surface area contributed by atoms with Crippen LogP contribution in [0.4, 0.5) is 0 Å². The van der Waals surface area contributed by atoms with Crippen molar-refractivity contribution in [1.29, 1.82) is 0 Å². The summed E-state index contributed by atoms with van der Waals surface area (Å²) in [5.74, 6) is 0. The molecule has 0 amide bonds. The van der Waals surface area contributed by atoms with Crippen molar-refractivity contribution >= 4 is 0 Å². The zero-order valence-corrected chi connectivity index (χ0v) is 11.6. The van der Waals surface area contributed by atoms with Crippen molar-refractivity contribution in [3.05, 3.63) is 0 Å². The third-order valence-electron chi connectivity index (χ3n) is 3.09. The molecule has 0 saturated heterocycles. The molecule has 0 aromatic carbocycles. The van der Waals surface area contributed by atoms with Crippen molar-refractivity contribution in [2.45, 2.75) is 65.2 Å². The topological polar surface area (TPSA) is 33.2 Å². The molecular formula is C14H34N2+2. The molecule has 2 heteroatoms. The van der Waals surface area contributed by atoms with Gasteiger partial charge in [0.1, 0.15) is 0 Å². The van der Waals surface area contributed by atoms with Crippen LogP contribution in [0.5, 0.6) is 0 Å². The quantitative estimate of drug-likeness (QED) is 0.447. The Labute approximate surface area is 103 Å². The van der Waals surface area contributed by atoms with Crippen LogP contribution in [0, 0.1) is 0 Å². The van der Waals surface area contributed by atoms with Crippen LogP contribution in [0.25, 0.3) is 0 Å². The van der Waals surface area contributed by atoms with Crippen molar-refractivity contribution in [3.63, 3.8) is 0 Å². The summed E-state index contributed by atoms with van der Waals surface area (Å²) in [5.41, 5.74) is 0. The Morgan fingerprint density at radius 2 is 0.875 bits per heavy atom. The Morgan fingerprint density at radius 1 is 0.500 bits per heavy atom. The zero-order valence-electron chi connectivity index (χ0n) is 11.6. The van der Waals surface area contributed by atoms with Gasteiger partial charge in [-0.05, 0) is 38.5 Å². The number of rotatable bonds is 13. The molecule has 0 radical (unpaired) electrons. The Kier molecular flexibility index (Phi) is 14.8. The molecule has 0 aromatic rings. The lowest BCUT2D eigenvalue weighted by Crippen LogP contribution is -2.84. The molecule has 0 fully saturated rings. The van der Waals surface area contributed by atoms with Crippen LogP contribution in [0.1, 0.15) is 65.2 Å². The Hall–Kier alpha value is -0.0800. The molecule has 0 saturated carbocycles. The van der Waals surface area contributed by atoms with Crippen molar-refractivity contribution in [1.82, 2.24) is 0 Å². The molecule has 0 aliphatic carbocycles. The highest BCUT2D eigenvalue weighted by atomic mass is 14.8. The lowest BCUT2D eigenvalue weighted by molar-refractivity contribution is -0.656. The van der Waals surface area contributed by atoms with Gasteiger partial charge in [-0.25, -0.2) is 0 Å². The van der Waals surface area contributed by atoms with Crippen molar-refractivity contribution < 1.29 is 10.6 Å². The highest BCUT2D eigenvalue weighted by Crippen LogP contribution is 1.95. The number of hydrogen-bond acceptors (Lipinski definition) is 0. The van der Waals surface area contributed by atoms with Gasteiger partial charge >= 0.3 is 0 Å². The van der Waals surface area contributed by atoms with Gasteiger partial charge in [0.05, 0.1) is 26.2 Å². The van der Waals surface area contributed by atoms with E-state index >= 15 is 0 Å². The van der Waals surface area contributed by atoms with Crippen LogP contribution in [0.2, 0.25) is 0 Å². The first-order valence-corrected chi connectivity index (χ1v) is 7.55. The maximum Gasteiger partial charge on any atom is 0.0755 e. The second-order valence-electron chi connectivity index (χ2n) is 4.85. The van der Waals surface area contributed by atoms with Crippen LogP contribution in [-0.2, 0) is 0 Å². The molecule has 0 spiro atoms. The highest BCUT2D eigenvalue weighted by Gasteiger charge is 1.94. The fourth-order valence-electron chi connectivity index (χ4n) is 1.92. The van der Waals surface area contributed by atoms with E-state index in [0.717, 1.165) is 0 Å². The molecule has 0 aliphatic heterocycles. The number of unbranched alkanes of at least 4 members (excludes halogenated alkanes) is 5. The maximum atomic E-state index is 2.48. The normalized spacial score (nSPS) is 10.9. The van der Waals surface area contributed by atoms with Gasteiger partial charge in [0.25, 0.3) is 0 Å². The van der Waals surface area contributed by atoms with E-state index in [4.69, 9.17) is 0 Å². The third-order valence-corrected chi connectivity index (χ3v) is 3.09. The molecule has 98 valence electrons. The first kappa shape index (κ1) is 15.9. The molecule has 0 aliphatic rings. The second-order valence-corrected chi connectivity index (χ2v) is 4.85. The fraction of sp³-hybridized carbons (Fsp3) is 1.00. The Morgan fingerprint density at radius 3 is 1.25 bits per heavy atom.